The van der Waals surface area contributed by atoms with Gasteiger partial charge in [-0.05, 0) is 59.2 Å². The molecule has 3 nitrogen and oxygen atoms in total. The Hall–Kier alpha value is -0.900. The summed E-state index contributed by atoms with van der Waals surface area (Å²) in [6, 6.07) is 3.83. The molecule has 1 aromatic rings. The molecule has 3 atom stereocenters. The van der Waals surface area contributed by atoms with Crippen LogP contribution in [0.4, 0.5) is 0 Å². The molecule has 0 amide bonds. The van der Waals surface area contributed by atoms with Gasteiger partial charge >= 0.3 is 5.97 Å². The summed E-state index contributed by atoms with van der Waals surface area (Å²) < 4.78 is 6.12. The second kappa shape index (κ2) is 6.04. The van der Waals surface area contributed by atoms with Gasteiger partial charge in [-0.3, -0.25) is 9.78 Å². The second-order valence-corrected chi connectivity index (χ2v) is 6.24. The van der Waals surface area contributed by atoms with E-state index in [1.54, 1.807) is 6.20 Å². The van der Waals surface area contributed by atoms with Crippen molar-refractivity contribution >= 4 is 21.9 Å². The third-order valence-electron chi connectivity index (χ3n) is 4.23. The summed E-state index contributed by atoms with van der Waals surface area (Å²) in [5, 5.41) is 0. The average molecular weight is 326 g/mol. The standard InChI is InChI=1S/C15H20BrNO2/c1-4-19-15(18)13(7-12-9(2)10(12)3)14-6-5-11(16)8-17-14/h5-6,8-10,12-13H,4,7H2,1-3H3. The molecule has 1 saturated carbocycles. The molecule has 4 heteroatoms. The Kier molecular flexibility index (Phi) is 4.61. The molecule has 0 saturated heterocycles. The van der Waals surface area contributed by atoms with Gasteiger partial charge in [0.1, 0.15) is 0 Å². The lowest BCUT2D eigenvalue weighted by Crippen LogP contribution is -2.18. The number of nitrogens with zero attached hydrogens (tertiary/aromatic N) is 1. The first-order valence-electron chi connectivity index (χ1n) is 6.82. The number of halogens is 1. The molecule has 1 heterocycles. The van der Waals surface area contributed by atoms with Gasteiger partial charge in [0, 0.05) is 10.7 Å². The molecule has 1 aliphatic carbocycles. The number of hydrogen-bond acceptors (Lipinski definition) is 3. The molecular weight excluding hydrogens is 306 g/mol. The van der Waals surface area contributed by atoms with Crippen LogP contribution in [-0.4, -0.2) is 17.6 Å². The zero-order valence-electron chi connectivity index (χ0n) is 11.6. The van der Waals surface area contributed by atoms with Crippen LogP contribution in [0.3, 0.4) is 0 Å². The zero-order valence-corrected chi connectivity index (χ0v) is 13.2. The summed E-state index contributed by atoms with van der Waals surface area (Å²) >= 11 is 3.37. The first-order valence-corrected chi connectivity index (χ1v) is 7.62. The van der Waals surface area contributed by atoms with E-state index < -0.39 is 0 Å². The number of esters is 1. The van der Waals surface area contributed by atoms with E-state index in [9.17, 15) is 4.79 Å². The smallest absolute Gasteiger partial charge is 0.315 e. The fraction of sp³-hybridized carbons (Fsp3) is 0.600. The fourth-order valence-electron chi connectivity index (χ4n) is 2.64. The minimum atomic E-state index is -0.231. The summed E-state index contributed by atoms with van der Waals surface area (Å²) in [5.41, 5.74) is 0.813. The molecule has 0 spiro atoms. The van der Waals surface area contributed by atoms with Crippen LogP contribution in [0.2, 0.25) is 0 Å². The fourth-order valence-corrected chi connectivity index (χ4v) is 2.88. The van der Waals surface area contributed by atoms with Crippen LogP contribution in [-0.2, 0) is 9.53 Å². The van der Waals surface area contributed by atoms with Crippen molar-refractivity contribution in [3.05, 3.63) is 28.5 Å². The lowest BCUT2D eigenvalue weighted by molar-refractivity contribution is -0.145. The van der Waals surface area contributed by atoms with Crippen LogP contribution >= 0.6 is 15.9 Å². The van der Waals surface area contributed by atoms with Gasteiger partial charge in [-0.25, -0.2) is 0 Å². The number of pyridine rings is 1. The van der Waals surface area contributed by atoms with E-state index in [-0.39, 0.29) is 11.9 Å². The first-order chi connectivity index (χ1) is 9.04. The summed E-state index contributed by atoms with van der Waals surface area (Å²) in [5.74, 6) is 1.63. The summed E-state index contributed by atoms with van der Waals surface area (Å²) in [7, 11) is 0. The molecule has 0 aromatic carbocycles. The lowest BCUT2D eigenvalue weighted by Gasteiger charge is -2.15. The molecule has 19 heavy (non-hydrogen) atoms. The maximum Gasteiger partial charge on any atom is 0.315 e. The number of hydrogen-bond donors (Lipinski definition) is 0. The van der Waals surface area contributed by atoms with Gasteiger partial charge in [0.05, 0.1) is 18.2 Å². The number of ether oxygens (including phenoxy) is 1. The largest absolute Gasteiger partial charge is 0.465 e. The Bertz CT molecular complexity index is 438. The third kappa shape index (κ3) is 3.35. The van der Waals surface area contributed by atoms with E-state index in [4.69, 9.17) is 4.74 Å². The lowest BCUT2D eigenvalue weighted by atomic mass is 9.96. The maximum atomic E-state index is 12.1. The third-order valence-corrected chi connectivity index (χ3v) is 4.69. The van der Waals surface area contributed by atoms with Gasteiger partial charge in [0.2, 0.25) is 0 Å². The zero-order chi connectivity index (χ0) is 14.0. The van der Waals surface area contributed by atoms with Crippen molar-refractivity contribution in [1.29, 1.82) is 0 Å². The Labute approximate surface area is 122 Å². The normalized spacial score (nSPS) is 26.8. The Morgan fingerprint density at radius 1 is 1.42 bits per heavy atom. The van der Waals surface area contributed by atoms with E-state index >= 15 is 0 Å². The molecule has 0 radical (unpaired) electrons. The van der Waals surface area contributed by atoms with Crippen molar-refractivity contribution in [3.63, 3.8) is 0 Å². The van der Waals surface area contributed by atoms with E-state index in [2.05, 4.69) is 34.8 Å². The Balaban J connectivity index is 2.14. The van der Waals surface area contributed by atoms with Crippen LogP contribution < -0.4 is 0 Å². The van der Waals surface area contributed by atoms with E-state index in [1.165, 1.54) is 0 Å². The van der Waals surface area contributed by atoms with Crippen molar-refractivity contribution < 1.29 is 9.53 Å². The van der Waals surface area contributed by atoms with Gasteiger partial charge in [0.25, 0.3) is 0 Å². The minimum absolute atomic E-state index is 0.149. The molecule has 1 fully saturated rings. The SMILES string of the molecule is CCOC(=O)C(CC1C(C)C1C)c1ccc(Br)cn1. The topological polar surface area (TPSA) is 39.2 Å². The molecule has 104 valence electrons. The van der Waals surface area contributed by atoms with Gasteiger partial charge in [0.15, 0.2) is 0 Å². The van der Waals surface area contributed by atoms with Gasteiger partial charge < -0.3 is 4.74 Å². The highest BCUT2D eigenvalue weighted by atomic mass is 79.9. The van der Waals surface area contributed by atoms with Crippen molar-refractivity contribution in [2.24, 2.45) is 17.8 Å². The molecule has 0 bridgehead atoms. The van der Waals surface area contributed by atoms with Gasteiger partial charge in [-0.1, -0.05) is 13.8 Å². The highest BCUT2D eigenvalue weighted by Crippen LogP contribution is 2.50. The molecule has 1 aliphatic rings. The summed E-state index contributed by atoms with van der Waals surface area (Å²) in [6.45, 7) is 6.74. The predicted molar refractivity (Wildman–Crippen MR) is 77.7 cm³/mol. The quantitative estimate of drug-likeness (QED) is 0.773. The van der Waals surface area contributed by atoms with Crippen LogP contribution in [0.5, 0.6) is 0 Å². The molecule has 0 aliphatic heterocycles. The minimum Gasteiger partial charge on any atom is -0.465 e. The van der Waals surface area contributed by atoms with Gasteiger partial charge in [-0.15, -0.1) is 0 Å². The van der Waals surface area contributed by atoms with Crippen LogP contribution in [0, 0.1) is 17.8 Å². The molecule has 3 unspecified atom stereocenters. The van der Waals surface area contributed by atoms with E-state index in [1.807, 2.05) is 19.1 Å². The predicted octanol–water partition coefficient (Wildman–Crippen LogP) is 3.78. The molecule has 0 N–H and O–H groups in total. The van der Waals surface area contributed by atoms with E-state index in [0.29, 0.717) is 24.4 Å². The number of carbonyl (C=O) groups excluding carboxylic acids is 1. The second-order valence-electron chi connectivity index (χ2n) is 5.32. The van der Waals surface area contributed by atoms with Crippen molar-refractivity contribution in [1.82, 2.24) is 4.98 Å². The van der Waals surface area contributed by atoms with Gasteiger partial charge in [-0.2, -0.15) is 0 Å². The summed E-state index contributed by atoms with van der Waals surface area (Å²) in [4.78, 5) is 16.5. The molecule has 1 aromatic heterocycles. The Morgan fingerprint density at radius 3 is 2.58 bits per heavy atom. The highest BCUT2D eigenvalue weighted by Gasteiger charge is 2.45. The average Bonchev–Trinajstić information content (AvgIpc) is 2.95. The molecule has 2 rings (SSSR count). The monoisotopic (exact) mass is 325 g/mol. The van der Waals surface area contributed by atoms with Crippen molar-refractivity contribution in [2.75, 3.05) is 6.61 Å². The maximum absolute atomic E-state index is 12.1. The summed E-state index contributed by atoms with van der Waals surface area (Å²) in [6.07, 6.45) is 2.58. The van der Waals surface area contributed by atoms with E-state index in [0.717, 1.165) is 16.6 Å². The van der Waals surface area contributed by atoms with Crippen LogP contribution in [0.25, 0.3) is 0 Å². The number of aromatic nitrogens is 1. The molecular formula is C15H20BrNO2. The van der Waals surface area contributed by atoms with Crippen molar-refractivity contribution in [2.45, 2.75) is 33.1 Å². The van der Waals surface area contributed by atoms with Crippen LogP contribution in [0.15, 0.2) is 22.8 Å². The highest BCUT2D eigenvalue weighted by molar-refractivity contribution is 9.10. The number of rotatable bonds is 5. The van der Waals surface area contributed by atoms with Crippen molar-refractivity contribution in [3.8, 4) is 0 Å². The number of carbonyl (C=O) groups is 1. The Morgan fingerprint density at radius 2 is 2.11 bits per heavy atom. The van der Waals surface area contributed by atoms with Crippen LogP contribution in [0.1, 0.15) is 38.8 Å². The first kappa shape index (κ1) is 14.5.